The summed E-state index contributed by atoms with van der Waals surface area (Å²) in [6, 6.07) is 5.28. The van der Waals surface area contributed by atoms with E-state index in [9.17, 15) is 9.90 Å². The topological polar surface area (TPSA) is 78.8 Å². The molecule has 0 atom stereocenters. The van der Waals surface area contributed by atoms with Crippen LogP contribution in [-0.2, 0) is 11.3 Å². The molecule has 0 bridgehead atoms. The fourth-order valence-corrected chi connectivity index (χ4v) is 1.46. The van der Waals surface area contributed by atoms with Gasteiger partial charge in [-0.3, -0.25) is 4.79 Å². The van der Waals surface area contributed by atoms with Crippen LogP contribution in [0.15, 0.2) is 18.2 Å². The molecule has 0 amide bonds. The molecule has 0 aromatic heterocycles. The average molecular weight is 239 g/mol. The van der Waals surface area contributed by atoms with E-state index in [2.05, 4.69) is 5.32 Å². The van der Waals surface area contributed by atoms with Gasteiger partial charge in [0.2, 0.25) is 0 Å². The summed E-state index contributed by atoms with van der Waals surface area (Å²) in [5.41, 5.74) is 0.736. The number of carboxylic acid groups (broad SMARTS) is 1. The highest BCUT2D eigenvalue weighted by Crippen LogP contribution is 2.28. The largest absolute Gasteiger partial charge is 0.504 e. The Labute approximate surface area is 100 Å². The fraction of sp³-hybridized carbons (Fsp3) is 0.417. The number of hydrogen-bond acceptors (Lipinski definition) is 4. The summed E-state index contributed by atoms with van der Waals surface area (Å²) in [6.07, 6.45) is 0.719. The number of aromatic hydroxyl groups is 1. The lowest BCUT2D eigenvalue weighted by Gasteiger charge is -2.09. The molecule has 0 aliphatic rings. The lowest BCUT2D eigenvalue weighted by molar-refractivity contribution is -0.137. The van der Waals surface area contributed by atoms with Crippen molar-refractivity contribution in [1.82, 2.24) is 5.32 Å². The van der Waals surface area contributed by atoms with E-state index in [4.69, 9.17) is 9.84 Å². The van der Waals surface area contributed by atoms with Crippen molar-refractivity contribution in [2.75, 3.05) is 13.7 Å². The van der Waals surface area contributed by atoms with Crippen LogP contribution >= 0.6 is 0 Å². The number of aliphatic carboxylic acids is 1. The Kier molecular flexibility index (Phi) is 5.29. The van der Waals surface area contributed by atoms with Gasteiger partial charge in [-0.25, -0.2) is 0 Å². The molecular formula is C12H17NO4. The van der Waals surface area contributed by atoms with E-state index in [1.807, 2.05) is 0 Å². The number of rotatable bonds is 7. The first-order valence-electron chi connectivity index (χ1n) is 5.42. The number of para-hydroxylation sites is 1. The molecule has 1 aromatic carbocycles. The molecule has 0 saturated carbocycles. The van der Waals surface area contributed by atoms with Crippen LogP contribution in [0.2, 0.25) is 0 Å². The molecular weight excluding hydrogens is 222 g/mol. The van der Waals surface area contributed by atoms with Crippen molar-refractivity contribution in [3.63, 3.8) is 0 Å². The number of phenolic OH excluding ortho intramolecular Hbond substituents is 1. The van der Waals surface area contributed by atoms with E-state index >= 15 is 0 Å². The number of phenols is 1. The second-order valence-corrected chi connectivity index (χ2v) is 3.64. The number of methoxy groups -OCH3 is 1. The van der Waals surface area contributed by atoms with Crippen LogP contribution in [0.1, 0.15) is 18.4 Å². The van der Waals surface area contributed by atoms with Crippen molar-refractivity contribution >= 4 is 5.97 Å². The quantitative estimate of drug-likeness (QED) is 0.626. The highest BCUT2D eigenvalue weighted by atomic mass is 16.5. The Bertz CT molecular complexity index is 379. The molecule has 1 aromatic rings. The molecule has 0 fully saturated rings. The zero-order valence-electron chi connectivity index (χ0n) is 9.77. The van der Waals surface area contributed by atoms with Gasteiger partial charge in [0.15, 0.2) is 11.5 Å². The van der Waals surface area contributed by atoms with Gasteiger partial charge in [0, 0.05) is 18.5 Å². The minimum Gasteiger partial charge on any atom is -0.504 e. The van der Waals surface area contributed by atoms with Crippen LogP contribution in [0.4, 0.5) is 0 Å². The van der Waals surface area contributed by atoms with E-state index < -0.39 is 5.97 Å². The average Bonchev–Trinajstić information content (AvgIpc) is 2.30. The molecule has 3 N–H and O–H groups in total. The molecule has 0 unspecified atom stereocenters. The van der Waals surface area contributed by atoms with Crippen molar-refractivity contribution in [1.29, 1.82) is 0 Å². The van der Waals surface area contributed by atoms with E-state index in [0.717, 1.165) is 5.56 Å². The Hall–Kier alpha value is -1.75. The van der Waals surface area contributed by atoms with Crippen LogP contribution in [0.5, 0.6) is 11.5 Å². The first-order valence-corrected chi connectivity index (χ1v) is 5.42. The Morgan fingerprint density at radius 1 is 1.47 bits per heavy atom. The Morgan fingerprint density at radius 2 is 2.24 bits per heavy atom. The van der Waals surface area contributed by atoms with Gasteiger partial charge < -0.3 is 20.3 Å². The number of hydrogen-bond donors (Lipinski definition) is 3. The number of nitrogens with one attached hydrogen (secondary N) is 1. The summed E-state index contributed by atoms with van der Waals surface area (Å²) in [7, 11) is 1.50. The number of carbonyl (C=O) groups is 1. The zero-order valence-corrected chi connectivity index (χ0v) is 9.77. The SMILES string of the molecule is COc1cccc(CNCCCC(=O)O)c1O. The second kappa shape index (κ2) is 6.75. The summed E-state index contributed by atoms with van der Waals surface area (Å²) >= 11 is 0. The first-order chi connectivity index (χ1) is 8.15. The summed E-state index contributed by atoms with van der Waals surface area (Å²) < 4.78 is 4.99. The molecule has 0 radical (unpaired) electrons. The molecule has 0 heterocycles. The van der Waals surface area contributed by atoms with Gasteiger partial charge in [-0.05, 0) is 19.0 Å². The van der Waals surface area contributed by atoms with Crippen molar-refractivity contribution in [3.8, 4) is 11.5 Å². The number of ether oxygens (including phenoxy) is 1. The van der Waals surface area contributed by atoms with E-state index in [0.29, 0.717) is 25.3 Å². The molecule has 1 rings (SSSR count). The highest BCUT2D eigenvalue weighted by Gasteiger charge is 2.06. The lowest BCUT2D eigenvalue weighted by atomic mass is 10.2. The lowest BCUT2D eigenvalue weighted by Crippen LogP contribution is -2.15. The number of benzene rings is 1. The molecule has 0 aliphatic heterocycles. The normalized spacial score (nSPS) is 10.2. The molecule has 5 heteroatoms. The van der Waals surface area contributed by atoms with E-state index in [1.54, 1.807) is 18.2 Å². The van der Waals surface area contributed by atoms with Crippen molar-refractivity contribution in [3.05, 3.63) is 23.8 Å². The van der Waals surface area contributed by atoms with Crippen LogP contribution in [0, 0.1) is 0 Å². The van der Waals surface area contributed by atoms with E-state index in [-0.39, 0.29) is 12.2 Å². The highest BCUT2D eigenvalue weighted by molar-refractivity contribution is 5.66. The molecule has 94 valence electrons. The monoisotopic (exact) mass is 239 g/mol. The van der Waals surface area contributed by atoms with Crippen molar-refractivity contribution in [2.24, 2.45) is 0 Å². The van der Waals surface area contributed by atoms with Gasteiger partial charge >= 0.3 is 5.97 Å². The maximum absolute atomic E-state index is 10.3. The van der Waals surface area contributed by atoms with Gasteiger partial charge in [0.1, 0.15) is 0 Å². The summed E-state index contributed by atoms with van der Waals surface area (Å²) in [4.78, 5) is 10.3. The third kappa shape index (κ3) is 4.32. The Balaban J connectivity index is 2.39. The maximum atomic E-state index is 10.3. The van der Waals surface area contributed by atoms with E-state index in [1.165, 1.54) is 7.11 Å². The molecule has 0 saturated heterocycles. The number of carboxylic acids is 1. The smallest absolute Gasteiger partial charge is 0.303 e. The van der Waals surface area contributed by atoms with Gasteiger partial charge in [-0.2, -0.15) is 0 Å². The zero-order chi connectivity index (χ0) is 12.7. The second-order valence-electron chi connectivity index (χ2n) is 3.64. The Morgan fingerprint density at radius 3 is 2.88 bits per heavy atom. The van der Waals surface area contributed by atoms with Crippen molar-refractivity contribution in [2.45, 2.75) is 19.4 Å². The first kappa shape index (κ1) is 13.3. The molecule has 0 aliphatic carbocycles. The predicted octanol–water partition coefficient (Wildman–Crippen LogP) is 1.36. The standard InChI is InChI=1S/C12H17NO4/c1-17-10-5-2-4-9(12(10)16)8-13-7-3-6-11(14)15/h2,4-5,13,16H,3,6-8H2,1H3,(H,14,15). The minimum atomic E-state index is -0.795. The molecule has 5 nitrogen and oxygen atoms in total. The maximum Gasteiger partial charge on any atom is 0.303 e. The van der Waals surface area contributed by atoms with Gasteiger partial charge in [0.05, 0.1) is 7.11 Å². The third-order valence-electron chi connectivity index (χ3n) is 2.36. The third-order valence-corrected chi connectivity index (χ3v) is 2.36. The van der Waals surface area contributed by atoms with Crippen LogP contribution in [-0.4, -0.2) is 29.8 Å². The predicted molar refractivity (Wildman–Crippen MR) is 63.2 cm³/mol. The summed E-state index contributed by atoms with van der Waals surface area (Å²) in [6.45, 7) is 1.09. The molecule has 0 spiro atoms. The van der Waals surface area contributed by atoms with Gasteiger partial charge in [0.25, 0.3) is 0 Å². The summed E-state index contributed by atoms with van der Waals surface area (Å²) in [5.74, 6) is -0.230. The van der Waals surface area contributed by atoms with Gasteiger partial charge in [-0.15, -0.1) is 0 Å². The minimum absolute atomic E-state index is 0.126. The van der Waals surface area contributed by atoms with Crippen LogP contribution < -0.4 is 10.1 Å². The van der Waals surface area contributed by atoms with Crippen molar-refractivity contribution < 1.29 is 19.7 Å². The molecule has 17 heavy (non-hydrogen) atoms. The van der Waals surface area contributed by atoms with Crippen LogP contribution in [0.25, 0.3) is 0 Å². The van der Waals surface area contributed by atoms with Gasteiger partial charge in [-0.1, -0.05) is 12.1 Å². The van der Waals surface area contributed by atoms with Crippen LogP contribution in [0.3, 0.4) is 0 Å². The fourth-order valence-electron chi connectivity index (χ4n) is 1.46. The summed E-state index contributed by atoms with van der Waals surface area (Å²) in [5, 5.41) is 21.3.